The highest BCUT2D eigenvalue weighted by Crippen LogP contribution is 2.21. The molecule has 2 heteroatoms. The molecule has 3 rings (SSSR count). The normalized spacial score (nSPS) is 15.5. The fourth-order valence-electron chi connectivity index (χ4n) is 1.99. The number of aryl methyl sites for hydroxylation is 1. The SMILES string of the molecule is [2H]C([2H])([2H])C([2H])([2H])c1cccc(-c2ccc(-c3ccccc3)nc2)n1. The monoisotopic (exact) mass is 265 g/mol. The molecule has 0 unspecified atom stereocenters. The summed E-state index contributed by atoms with van der Waals surface area (Å²) in [6.07, 6.45) is -0.861. The van der Waals surface area contributed by atoms with Gasteiger partial charge in [0.1, 0.15) is 0 Å². The maximum Gasteiger partial charge on any atom is 0.0720 e. The molecule has 0 aliphatic rings. The van der Waals surface area contributed by atoms with Crippen LogP contribution in [0.1, 0.15) is 19.4 Å². The number of aromatic nitrogens is 2. The Morgan fingerprint density at radius 3 is 2.55 bits per heavy atom. The number of rotatable bonds is 3. The van der Waals surface area contributed by atoms with Crippen molar-refractivity contribution in [2.24, 2.45) is 0 Å². The third kappa shape index (κ3) is 2.59. The van der Waals surface area contributed by atoms with Gasteiger partial charge in [0.05, 0.1) is 11.4 Å². The topological polar surface area (TPSA) is 25.8 Å². The predicted octanol–water partition coefficient (Wildman–Crippen LogP) is 4.37. The summed E-state index contributed by atoms with van der Waals surface area (Å²) in [5.74, 6) is 0. The van der Waals surface area contributed by atoms with Gasteiger partial charge in [0, 0.05) is 29.9 Å². The summed E-state index contributed by atoms with van der Waals surface area (Å²) in [4.78, 5) is 8.63. The van der Waals surface area contributed by atoms with Gasteiger partial charge >= 0.3 is 0 Å². The quantitative estimate of drug-likeness (QED) is 0.702. The second-order valence-electron chi connectivity index (χ2n) is 4.33. The zero-order chi connectivity index (χ0) is 18.1. The van der Waals surface area contributed by atoms with E-state index in [2.05, 4.69) is 9.97 Å². The van der Waals surface area contributed by atoms with E-state index < -0.39 is 13.2 Å². The Kier molecular flexibility index (Phi) is 2.25. The van der Waals surface area contributed by atoms with Gasteiger partial charge in [-0.05, 0) is 30.6 Å². The van der Waals surface area contributed by atoms with E-state index >= 15 is 0 Å². The van der Waals surface area contributed by atoms with E-state index in [1.807, 2.05) is 42.5 Å². The van der Waals surface area contributed by atoms with Crippen LogP contribution in [0.4, 0.5) is 0 Å². The lowest BCUT2D eigenvalue weighted by Crippen LogP contribution is -1.91. The van der Waals surface area contributed by atoms with Crippen molar-refractivity contribution in [3.63, 3.8) is 0 Å². The van der Waals surface area contributed by atoms with Crippen LogP contribution in [0.25, 0.3) is 22.5 Å². The Bertz CT molecular complexity index is 859. The first-order chi connectivity index (χ1) is 11.8. The van der Waals surface area contributed by atoms with Gasteiger partial charge in [0.2, 0.25) is 0 Å². The lowest BCUT2D eigenvalue weighted by molar-refractivity contribution is 1.04. The van der Waals surface area contributed by atoms with Crippen molar-refractivity contribution < 1.29 is 6.85 Å². The molecule has 0 saturated heterocycles. The summed E-state index contributed by atoms with van der Waals surface area (Å²) in [6.45, 7) is -2.78. The highest BCUT2D eigenvalue weighted by atomic mass is 14.7. The van der Waals surface area contributed by atoms with Crippen molar-refractivity contribution in [3.05, 3.63) is 72.6 Å². The fourth-order valence-corrected chi connectivity index (χ4v) is 1.99. The standard InChI is InChI=1S/C18H16N2/c1-2-16-9-6-10-18(20-16)15-11-12-17(19-13-15)14-7-4-3-5-8-14/h3-13H,2H2,1H3/i1D3,2D2. The van der Waals surface area contributed by atoms with Gasteiger partial charge in [-0.15, -0.1) is 0 Å². The molecule has 3 aromatic rings. The molecule has 0 aliphatic carbocycles. The average molecular weight is 265 g/mol. The Morgan fingerprint density at radius 1 is 0.900 bits per heavy atom. The van der Waals surface area contributed by atoms with E-state index in [4.69, 9.17) is 6.85 Å². The van der Waals surface area contributed by atoms with E-state index in [-0.39, 0.29) is 5.69 Å². The molecule has 0 spiro atoms. The van der Waals surface area contributed by atoms with Crippen LogP contribution in [0.5, 0.6) is 0 Å². The molecule has 0 N–H and O–H groups in total. The van der Waals surface area contributed by atoms with Gasteiger partial charge in [-0.2, -0.15) is 0 Å². The Labute approximate surface area is 126 Å². The smallest absolute Gasteiger partial charge is 0.0720 e. The predicted molar refractivity (Wildman–Crippen MR) is 82.3 cm³/mol. The average Bonchev–Trinajstić information content (AvgIpc) is 2.62. The van der Waals surface area contributed by atoms with Crippen LogP contribution in [0.2, 0.25) is 0 Å². The van der Waals surface area contributed by atoms with Crippen LogP contribution in [-0.2, 0) is 6.37 Å². The number of benzene rings is 1. The van der Waals surface area contributed by atoms with E-state index in [0.29, 0.717) is 11.3 Å². The first-order valence-electron chi connectivity index (χ1n) is 8.78. The lowest BCUT2D eigenvalue weighted by Gasteiger charge is -2.05. The Hall–Kier alpha value is -2.48. The van der Waals surface area contributed by atoms with Gasteiger partial charge in [-0.1, -0.05) is 43.3 Å². The second kappa shape index (κ2) is 5.66. The van der Waals surface area contributed by atoms with Gasteiger partial charge < -0.3 is 0 Å². The molecular weight excluding hydrogens is 244 g/mol. The van der Waals surface area contributed by atoms with Crippen molar-refractivity contribution in [1.82, 2.24) is 9.97 Å². The van der Waals surface area contributed by atoms with Crippen LogP contribution in [0.3, 0.4) is 0 Å². The molecule has 20 heavy (non-hydrogen) atoms. The molecule has 0 radical (unpaired) electrons. The molecule has 2 aromatic heterocycles. The molecule has 0 amide bonds. The van der Waals surface area contributed by atoms with Crippen LogP contribution >= 0.6 is 0 Å². The molecule has 0 atom stereocenters. The molecule has 2 nitrogen and oxygen atoms in total. The maximum absolute atomic E-state index is 7.85. The highest BCUT2D eigenvalue weighted by molar-refractivity contribution is 5.64. The molecule has 0 aliphatic heterocycles. The molecule has 2 heterocycles. The summed E-state index contributed by atoms with van der Waals surface area (Å²) in [7, 11) is 0. The van der Waals surface area contributed by atoms with Gasteiger partial charge in [0.25, 0.3) is 0 Å². The zero-order valence-corrected chi connectivity index (χ0v) is 10.7. The Balaban J connectivity index is 1.94. The minimum atomic E-state index is -2.78. The Morgan fingerprint density at radius 2 is 1.80 bits per heavy atom. The molecule has 1 aromatic carbocycles. The highest BCUT2D eigenvalue weighted by Gasteiger charge is 2.03. The van der Waals surface area contributed by atoms with E-state index in [1.54, 1.807) is 18.3 Å². The van der Waals surface area contributed by atoms with E-state index in [1.165, 1.54) is 6.07 Å². The largest absolute Gasteiger partial charge is 0.256 e. The first kappa shape index (κ1) is 7.95. The minimum Gasteiger partial charge on any atom is -0.256 e. The third-order valence-corrected chi connectivity index (χ3v) is 3.01. The fraction of sp³-hybridized carbons (Fsp3) is 0.111. The molecule has 98 valence electrons. The van der Waals surface area contributed by atoms with Crippen LogP contribution < -0.4 is 0 Å². The summed E-state index contributed by atoms with van der Waals surface area (Å²) in [6, 6.07) is 18.1. The number of hydrogen-bond acceptors (Lipinski definition) is 2. The van der Waals surface area contributed by atoms with Crippen molar-refractivity contribution in [2.75, 3.05) is 0 Å². The molecule has 0 fully saturated rings. The minimum absolute atomic E-state index is 0.114. The first-order valence-corrected chi connectivity index (χ1v) is 6.28. The third-order valence-electron chi connectivity index (χ3n) is 3.01. The van der Waals surface area contributed by atoms with Crippen LogP contribution in [-0.4, -0.2) is 9.97 Å². The number of pyridine rings is 2. The summed E-state index contributed by atoms with van der Waals surface area (Å²) in [5.41, 5.74) is 2.88. The summed E-state index contributed by atoms with van der Waals surface area (Å²) >= 11 is 0. The van der Waals surface area contributed by atoms with Gasteiger partial charge in [-0.3, -0.25) is 9.97 Å². The second-order valence-corrected chi connectivity index (χ2v) is 4.33. The van der Waals surface area contributed by atoms with Gasteiger partial charge in [-0.25, -0.2) is 0 Å². The lowest BCUT2D eigenvalue weighted by atomic mass is 10.1. The zero-order valence-electron chi connectivity index (χ0n) is 15.7. The maximum atomic E-state index is 7.85. The van der Waals surface area contributed by atoms with Crippen molar-refractivity contribution in [2.45, 2.75) is 13.2 Å². The van der Waals surface area contributed by atoms with Gasteiger partial charge in [0.15, 0.2) is 0 Å². The van der Waals surface area contributed by atoms with Crippen molar-refractivity contribution >= 4 is 0 Å². The molecule has 0 bridgehead atoms. The van der Waals surface area contributed by atoms with E-state index in [0.717, 1.165) is 11.3 Å². The number of hydrogen-bond donors (Lipinski definition) is 0. The van der Waals surface area contributed by atoms with Crippen LogP contribution in [0, 0.1) is 0 Å². The number of nitrogens with zero attached hydrogens (tertiary/aromatic N) is 2. The molecular formula is C18H16N2. The van der Waals surface area contributed by atoms with Crippen LogP contribution in [0.15, 0.2) is 66.9 Å². The van der Waals surface area contributed by atoms with Crippen molar-refractivity contribution in [1.29, 1.82) is 0 Å². The van der Waals surface area contributed by atoms with E-state index in [9.17, 15) is 0 Å². The summed E-state index contributed by atoms with van der Waals surface area (Å²) in [5, 5.41) is 0. The summed E-state index contributed by atoms with van der Waals surface area (Å²) < 4.78 is 37.8. The molecule has 0 saturated carbocycles. The van der Waals surface area contributed by atoms with Crippen molar-refractivity contribution in [3.8, 4) is 22.5 Å².